The molecule has 0 radical (unpaired) electrons. The van der Waals surface area contributed by atoms with Gasteiger partial charge in [-0.3, -0.25) is 14.4 Å². The molecule has 1 amide bonds. The third-order valence-electron chi connectivity index (χ3n) is 6.02. The first-order chi connectivity index (χ1) is 17.5. The minimum atomic E-state index is -0.0897. The molecule has 0 N–H and O–H groups in total. The predicted molar refractivity (Wildman–Crippen MR) is 146 cm³/mol. The summed E-state index contributed by atoms with van der Waals surface area (Å²) in [6.07, 6.45) is 0. The van der Waals surface area contributed by atoms with Gasteiger partial charge in [-0.15, -0.1) is 0 Å². The second kappa shape index (κ2) is 10.3. The number of benzene rings is 3. The predicted octanol–water partition coefficient (Wildman–Crippen LogP) is 6.52. The van der Waals surface area contributed by atoms with Gasteiger partial charge in [-0.05, 0) is 62.2 Å². The summed E-state index contributed by atoms with van der Waals surface area (Å²) in [5, 5.41) is 5.22. The van der Waals surface area contributed by atoms with E-state index in [2.05, 4.69) is 17.2 Å². The zero-order valence-corrected chi connectivity index (χ0v) is 21.5. The third kappa shape index (κ3) is 4.88. The summed E-state index contributed by atoms with van der Waals surface area (Å²) in [7, 11) is 0. The van der Waals surface area contributed by atoms with Crippen LogP contribution in [-0.4, -0.2) is 33.8 Å². The number of fused-ring (bicyclic) bond motifs is 1. The summed E-state index contributed by atoms with van der Waals surface area (Å²) < 4.78 is 8.71. The van der Waals surface area contributed by atoms with E-state index in [0.717, 1.165) is 38.5 Å². The minimum absolute atomic E-state index is 0.0897. The van der Waals surface area contributed by atoms with Gasteiger partial charge in [0.15, 0.2) is 5.13 Å². The fourth-order valence-corrected chi connectivity index (χ4v) is 5.28. The molecule has 0 fully saturated rings. The highest BCUT2D eigenvalue weighted by Crippen LogP contribution is 2.35. The molecule has 0 spiro atoms. The molecule has 0 bridgehead atoms. The van der Waals surface area contributed by atoms with Crippen LogP contribution in [-0.2, 0) is 6.54 Å². The number of hydrogen-bond acceptors (Lipinski definition) is 5. The van der Waals surface area contributed by atoms with E-state index in [1.807, 2.05) is 92.2 Å². The van der Waals surface area contributed by atoms with Gasteiger partial charge in [0.05, 0.1) is 23.5 Å². The summed E-state index contributed by atoms with van der Waals surface area (Å²) in [5.41, 5.74) is 5.61. The Hall–Kier alpha value is -3.97. The molecule has 0 saturated carbocycles. The summed E-state index contributed by atoms with van der Waals surface area (Å²) in [6.45, 7) is 7.53. The highest BCUT2D eigenvalue weighted by atomic mass is 32.1. The van der Waals surface area contributed by atoms with Crippen LogP contribution < -0.4 is 9.64 Å². The first-order valence-electron chi connectivity index (χ1n) is 12.0. The van der Waals surface area contributed by atoms with Crippen molar-refractivity contribution < 1.29 is 9.53 Å². The number of carbonyl (C=O) groups is 1. The van der Waals surface area contributed by atoms with Crippen LogP contribution in [0.1, 0.15) is 28.7 Å². The molecule has 36 heavy (non-hydrogen) atoms. The average Bonchev–Trinajstić information content (AvgIpc) is 3.47. The van der Waals surface area contributed by atoms with E-state index in [9.17, 15) is 4.79 Å². The molecule has 0 saturated heterocycles. The number of thiazole rings is 1. The van der Waals surface area contributed by atoms with Gasteiger partial charge in [0.2, 0.25) is 0 Å². The van der Waals surface area contributed by atoms with Gasteiger partial charge in [0, 0.05) is 17.8 Å². The van der Waals surface area contributed by atoms with Gasteiger partial charge in [-0.1, -0.05) is 59.9 Å². The zero-order chi connectivity index (χ0) is 25.1. The lowest BCUT2D eigenvalue weighted by Crippen LogP contribution is -2.34. The van der Waals surface area contributed by atoms with E-state index in [1.54, 1.807) is 4.90 Å². The Kier molecular flexibility index (Phi) is 6.82. The molecular weight excluding hydrogens is 468 g/mol. The van der Waals surface area contributed by atoms with Crippen LogP contribution in [0, 0.1) is 13.8 Å². The van der Waals surface area contributed by atoms with Gasteiger partial charge in [-0.25, -0.2) is 4.98 Å². The lowest BCUT2D eigenvalue weighted by atomic mass is 10.0. The molecule has 6 nitrogen and oxygen atoms in total. The Labute approximate surface area is 214 Å². The SMILES string of the molecule is CCOc1cccc2sc(N(CCn3nc(C)cc3C)C(=O)c3ccc(-c4ccccc4)cc3)nc12. The summed E-state index contributed by atoms with van der Waals surface area (Å²) in [4.78, 5) is 20.4. The molecule has 5 rings (SSSR count). The normalized spacial score (nSPS) is 11.1. The molecule has 0 aliphatic carbocycles. The van der Waals surface area contributed by atoms with E-state index in [-0.39, 0.29) is 5.91 Å². The average molecular weight is 497 g/mol. The molecule has 3 aromatic carbocycles. The first-order valence-corrected chi connectivity index (χ1v) is 12.9. The van der Waals surface area contributed by atoms with Crippen LogP contribution in [0.4, 0.5) is 5.13 Å². The molecule has 7 heteroatoms. The van der Waals surface area contributed by atoms with Crippen LogP contribution in [0.25, 0.3) is 21.3 Å². The van der Waals surface area contributed by atoms with E-state index in [4.69, 9.17) is 9.72 Å². The lowest BCUT2D eigenvalue weighted by Gasteiger charge is -2.20. The Morgan fingerprint density at radius 3 is 2.42 bits per heavy atom. The standard InChI is InChI=1S/C29H28N4O2S/c1-4-35-25-11-8-12-26-27(25)30-29(36-26)32(17-18-33-21(3)19-20(2)31-33)28(34)24-15-13-23(14-16-24)22-9-6-5-7-10-22/h5-16,19H,4,17-18H2,1-3H3. The highest BCUT2D eigenvalue weighted by Gasteiger charge is 2.23. The topological polar surface area (TPSA) is 60.2 Å². The number of anilines is 1. The monoisotopic (exact) mass is 496 g/mol. The van der Waals surface area contributed by atoms with Crippen LogP contribution in [0.3, 0.4) is 0 Å². The van der Waals surface area contributed by atoms with Crippen molar-refractivity contribution in [2.24, 2.45) is 0 Å². The van der Waals surface area contributed by atoms with E-state index in [0.29, 0.717) is 30.4 Å². The van der Waals surface area contributed by atoms with Gasteiger partial charge >= 0.3 is 0 Å². The number of nitrogens with zero attached hydrogens (tertiary/aromatic N) is 4. The van der Waals surface area contributed by atoms with Gasteiger partial charge in [0.25, 0.3) is 5.91 Å². The Balaban J connectivity index is 1.49. The van der Waals surface area contributed by atoms with Crippen LogP contribution >= 0.6 is 11.3 Å². The molecule has 0 atom stereocenters. The fourth-order valence-electron chi connectivity index (χ4n) is 4.27. The number of hydrogen-bond donors (Lipinski definition) is 0. The van der Waals surface area contributed by atoms with Crippen molar-refractivity contribution >= 4 is 32.6 Å². The van der Waals surface area contributed by atoms with Gasteiger partial charge in [-0.2, -0.15) is 5.10 Å². The first kappa shape index (κ1) is 23.8. The number of amides is 1. The fraction of sp³-hybridized carbons (Fsp3) is 0.207. The quantitative estimate of drug-likeness (QED) is 0.245. The van der Waals surface area contributed by atoms with Crippen LogP contribution in [0.2, 0.25) is 0 Å². The van der Waals surface area contributed by atoms with Crippen molar-refractivity contribution in [2.45, 2.75) is 27.3 Å². The number of aryl methyl sites for hydroxylation is 2. The highest BCUT2D eigenvalue weighted by molar-refractivity contribution is 7.22. The molecule has 5 aromatic rings. The molecule has 0 unspecified atom stereocenters. The molecule has 0 aliphatic rings. The maximum Gasteiger partial charge on any atom is 0.260 e. The number of ether oxygens (including phenoxy) is 1. The number of para-hydroxylation sites is 1. The number of rotatable bonds is 8. The largest absolute Gasteiger partial charge is 0.492 e. The zero-order valence-electron chi connectivity index (χ0n) is 20.6. The lowest BCUT2D eigenvalue weighted by molar-refractivity contribution is 0.0985. The van der Waals surface area contributed by atoms with E-state index < -0.39 is 0 Å². The van der Waals surface area contributed by atoms with E-state index >= 15 is 0 Å². The molecular formula is C29H28N4O2S. The smallest absolute Gasteiger partial charge is 0.260 e. The van der Waals surface area contributed by atoms with Crippen molar-refractivity contribution in [2.75, 3.05) is 18.1 Å². The number of aromatic nitrogens is 3. The van der Waals surface area contributed by atoms with Crippen molar-refractivity contribution in [3.05, 3.63) is 95.8 Å². The Morgan fingerprint density at radius 2 is 1.72 bits per heavy atom. The summed E-state index contributed by atoms with van der Waals surface area (Å²) >= 11 is 1.50. The Bertz CT molecular complexity index is 1490. The maximum absolute atomic E-state index is 13.8. The molecule has 2 heterocycles. The van der Waals surface area contributed by atoms with Crippen LogP contribution in [0.5, 0.6) is 5.75 Å². The van der Waals surface area contributed by atoms with Crippen molar-refractivity contribution in [1.82, 2.24) is 14.8 Å². The molecule has 0 aliphatic heterocycles. The van der Waals surface area contributed by atoms with Crippen molar-refractivity contribution in [1.29, 1.82) is 0 Å². The van der Waals surface area contributed by atoms with Gasteiger partial charge < -0.3 is 4.74 Å². The third-order valence-corrected chi connectivity index (χ3v) is 7.07. The minimum Gasteiger partial charge on any atom is -0.492 e. The molecule has 2 aromatic heterocycles. The van der Waals surface area contributed by atoms with Crippen molar-refractivity contribution in [3.63, 3.8) is 0 Å². The second-order valence-corrected chi connectivity index (χ2v) is 9.59. The summed E-state index contributed by atoms with van der Waals surface area (Å²) in [6, 6.07) is 25.8. The van der Waals surface area contributed by atoms with Gasteiger partial charge in [0.1, 0.15) is 11.3 Å². The van der Waals surface area contributed by atoms with Crippen molar-refractivity contribution in [3.8, 4) is 16.9 Å². The second-order valence-electron chi connectivity index (χ2n) is 8.58. The summed E-state index contributed by atoms with van der Waals surface area (Å²) in [5.74, 6) is 0.642. The van der Waals surface area contributed by atoms with Crippen LogP contribution in [0.15, 0.2) is 78.9 Å². The number of carbonyl (C=O) groups excluding carboxylic acids is 1. The van der Waals surface area contributed by atoms with E-state index in [1.165, 1.54) is 11.3 Å². The molecule has 182 valence electrons. The maximum atomic E-state index is 13.8. The Morgan fingerprint density at radius 1 is 0.972 bits per heavy atom.